The number of aliphatic hydroxyl groups is 1. The number of carbonyl (C=O) groups is 1. The topological polar surface area (TPSA) is 62.2 Å². The summed E-state index contributed by atoms with van der Waals surface area (Å²) in [7, 11) is 0. The third-order valence-electron chi connectivity index (χ3n) is 2.44. The molecule has 17 heavy (non-hydrogen) atoms. The van der Waals surface area contributed by atoms with Gasteiger partial charge in [0.1, 0.15) is 0 Å². The smallest absolute Gasteiger partial charge is 0.251 e. The summed E-state index contributed by atoms with van der Waals surface area (Å²) in [6.45, 7) is 3.45. The molecule has 0 atom stereocenters. The van der Waals surface area contributed by atoms with Crippen LogP contribution in [0.2, 0.25) is 0 Å². The quantitative estimate of drug-likeness (QED) is 0.873. The molecule has 2 N–H and O–H groups in total. The molecule has 0 radical (unpaired) electrons. The van der Waals surface area contributed by atoms with Crippen molar-refractivity contribution < 1.29 is 9.90 Å². The Labute approximate surface area is 103 Å². The number of benzene rings is 1. The maximum Gasteiger partial charge on any atom is 0.251 e. The van der Waals surface area contributed by atoms with Gasteiger partial charge in [-0.1, -0.05) is 0 Å². The van der Waals surface area contributed by atoms with E-state index in [-0.39, 0.29) is 12.5 Å². The standard InChI is InChI=1S/C12H14N2O2S/c1-12(2,6-15)14-11(16)8-3-4-9-10(5-8)17-7-13-9/h3-5,7,15H,6H2,1-2H3,(H,14,16). The lowest BCUT2D eigenvalue weighted by Gasteiger charge is -2.23. The first-order chi connectivity index (χ1) is 8.02. The Morgan fingerprint density at radius 3 is 3.00 bits per heavy atom. The SMILES string of the molecule is CC(C)(CO)NC(=O)c1ccc2ncsc2c1. The number of aromatic nitrogens is 1. The van der Waals surface area contributed by atoms with Gasteiger partial charge in [0.15, 0.2) is 0 Å². The molecule has 0 fully saturated rings. The van der Waals surface area contributed by atoms with E-state index in [1.165, 1.54) is 11.3 Å². The lowest BCUT2D eigenvalue weighted by atomic mass is 10.1. The van der Waals surface area contributed by atoms with Gasteiger partial charge in [0.25, 0.3) is 5.91 Å². The zero-order valence-corrected chi connectivity index (χ0v) is 10.5. The molecule has 4 nitrogen and oxygen atoms in total. The highest BCUT2D eigenvalue weighted by molar-refractivity contribution is 7.16. The average molecular weight is 250 g/mol. The van der Waals surface area contributed by atoms with E-state index >= 15 is 0 Å². The van der Waals surface area contributed by atoms with E-state index in [0.717, 1.165) is 10.2 Å². The Kier molecular flexibility index (Phi) is 3.13. The molecule has 0 spiro atoms. The van der Waals surface area contributed by atoms with Crippen LogP contribution in [-0.4, -0.2) is 28.1 Å². The number of amides is 1. The molecule has 1 aromatic heterocycles. The molecule has 0 saturated carbocycles. The molecule has 1 amide bonds. The summed E-state index contributed by atoms with van der Waals surface area (Å²) < 4.78 is 0.986. The van der Waals surface area contributed by atoms with Gasteiger partial charge in [0.2, 0.25) is 0 Å². The number of hydrogen-bond donors (Lipinski definition) is 2. The van der Waals surface area contributed by atoms with Crippen LogP contribution in [-0.2, 0) is 0 Å². The van der Waals surface area contributed by atoms with Crippen LogP contribution in [0.3, 0.4) is 0 Å². The zero-order valence-electron chi connectivity index (χ0n) is 9.73. The van der Waals surface area contributed by atoms with Gasteiger partial charge in [-0.05, 0) is 32.0 Å². The number of carbonyl (C=O) groups excluding carboxylic acids is 1. The highest BCUT2D eigenvalue weighted by Gasteiger charge is 2.20. The summed E-state index contributed by atoms with van der Waals surface area (Å²) in [5.74, 6) is -0.181. The maximum atomic E-state index is 11.9. The minimum atomic E-state index is -0.611. The van der Waals surface area contributed by atoms with Gasteiger partial charge in [-0.3, -0.25) is 4.79 Å². The molecule has 1 aromatic carbocycles. The van der Waals surface area contributed by atoms with E-state index in [4.69, 9.17) is 5.11 Å². The molecule has 0 aliphatic rings. The van der Waals surface area contributed by atoms with Gasteiger partial charge in [0, 0.05) is 5.56 Å². The third-order valence-corrected chi connectivity index (χ3v) is 3.23. The molecular weight excluding hydrogens is 236 g/mol. The normalized spacial score (nSPS) is 11.7. The first-order valence-corrected chi connectivity index (χ1v) is 6.16. The Morgan fingerprint density at radius 1 is 1.53 bits per heavy atom. The molecule has 0 aliphatic carbocycles. The van der Waals surface area contributed by atoms with E-state index in [2.05, 4.69) is 10.3 Å². The number of nitrogens with one attached hydrogen (secondary N) is 1. The molecule has 0 bridgehead atoms. The summed E-state index contributed by atoms with van der Waals surface area (Å²) >= 11 is 1.50. The summed E-state index contributed by atoms with van der Waals surface area (Å²) in [5.41, 5.74) is 2.63. The largest absolute Gasteiger partial charge is 0.394 e. The van der Waals surface area contributed by atoms with Gasteiger partial charge >= 0.3 is 0 Å². The lowest BCUT2D eigenvalue weighted by Crippen LogP contribution is -2.46. The molecule has 1 heterocycles. The van der Waals surface area contributed by atoms with Crippen LogP contribution in [0, 0.1) is 0 Å². The van der Waals surface area contributed by atoms with Gasteiger partial charge in [-0.25, -0.2) is 4.98 Å². The zero-order chi connectivity index (χ0) is 12.5. The van der Waals surface area contributed by atoms with E-state index in [0.29, 0.717) is 5.56 Å². The van der Waals surface area contributed by atoms with Crippen LogP contribution in [0.15, 0.2) is 23.7 Å². The molecule has 0 unspecified atom stereocenters. The first-order valence-electron chi connectivity index (χ1n) is 5.28. The van der Waals surface area contributed by atoms with Crippen LogP contribution in [0.5, 0.6) is 0 Å². The predicted octanol–water partition coefficient (Wildman–Crippen LogP) is 1.80. The Morgan fingerprint density at radius 2 is 2.29 bits per heavy atom. The molecule has 5 heteroatoms. The number of aliphatic hydroxyl groups excluding tert-OH is 1. The molecule has 2 rings (SSSR count). The van der Waals surface area contributed by atoms with E-state index in [9.17, 15) is 4.79 Å². The second-order valence-corrected chi connectivity index (χ2v) is 5.42. The van der Waals surface area contributed by atoms with Crippen LogP contribution in [0.1, 0.15) is 24.2 Å². The molecule has 2 aromatic rings. The van der Waals surface area contributed by atoms with Gasteiger partial charge in [0.05, 0.1) is 27.9 Å². The van der Waals surface area contributed by atoms with Crippen molar-refractivity contribution in [3.63, 3.8) is 0 Å². The van der Waals surface area contributed by atoms with Crippen LogP contribution >= 0.6 is 11.3 Å². The third kappa shape index (κ3) is 2.62. The van der Waals surface area contributed by atoms with Crippen molar-refractivity contribution in [1.82, 2.24) is 10.3 Å². The van der Waals surface area contributed by atoms with E-state index in [1.807, 2.05) is 12.1 Å². The van der Waals surface area contributed by atoms with Gasteiger partial charge in [-0.15, -0.1) is 11.3 Å². The van der Waals surface area contributed by atoms with Crippen LogP contribution < -0.4 is 5.32 Å². The molecular formula is C12H14N2O2S. The molecule has 0 aliphatic heterocycles. The van der Waals surface area contributed by atoms with Crippen molar-refractivity contribution in [2.45, 2.75) is 19.4 Å². The predicted molar refractivity (Wildman–Crippen MR) is 68.3 cm³/mol. The molecule has 0 saturated heterocycles. The number of thiazole rings is 1. The van der Waals surface area contributed by atoms with Gasteiger partial charge < -0.3 is 10.4 Å². The highest BCUT2D eigenvalue weighted by Crippen LogP contribution is 2.19. The minimum Gasteiger partial charge on any atom is -0.394 e. The Bertz CT molecular complexity index is 548. The van der Waals surface area contributed by atoms with Crippen molar-refractivity contribution in [2.24, 2.45) is 0 Å². The fraction of sp³-hybridized carbons (Fsp3) is 0.333. The van der Waals surface area contributed by atoms with Crippen molar-refractivity contribution in [3.05, 3.63) is 29.3 Å². The molecule has 90 valence electrons. The van der Waals surface area contributed by atoms with Crippen molar-refractivity contribution in [3.8, 4) is 0 Å². The average Bonchev–Trinajstić information content (AvgIpc) is 2.75. The summed E-state index contributed by atoms with van der Waals surface area (Å²) in [6.07, 6.45) is 0. The first kappa shape index (κ1) is 12.0. The van der Waals surface area contributed by atoms with Crippen LogP contribution in [0.25, 0.3) is 10.2 Å². The van der Waals surface area contributed by atoms with Gasteiger partial charge in [-0.2, -0.15) is 0 Å². The van der Waals surface area contributed by atoms with E-state index < -0.39 is 5.54 Å². The number of fused-ring (bicyclic) bond motifs is 1. The summed E-state index contributed by atoms with van der Waals surface area (Å²) in [6, 6.07) is 5.38. The second kappa shape index (κ2) is 4.43. The van der Waals surface area contributed by atoms with Crippen molar-refractivity contribution >= 4 is 27.5 Å². The number of hydrogen-bond acceptors (Lipinski definition) is 4. The number of nitrogens with zero attached hydrogens (tertiary/aromatic N) is 1. The summed E-state index contributed by atoms with van der Waals surface area (Å²) in [4.78, 5) is 16.1. The fourth-order valence-electron chi connectivity index (χ4n) is 1.42. The number of rotatable bonds is 3. The second-order valence-electron chi connectivity index (χ2n) is 4.53. The minimum absolute atomic E-state index is 0.0957. The fourth-order valence-corrected chi connectivity index (χ4v) is 2.13. The summed E-state index contributed by atoms with van der Waals surface area (Å²) in [5, 5.41) is 11.9. The van der Waals surface area contributed by atoms with Crippen molar-refractivity contribution in [1.29, 1.82) is 0 Å². The Hall–Kier alpha value is -1.46. The monoisotopic (exact) mass is 250 g/mol. The maximum absolute atomic E-state index is 11.9. The Balaban J connectivity index is 2.24. The van der Waals surface area contributed by atoms with Crippen molar-refractivity contribution in [2.75, 3.05) is 6.61 Å². The van der Waals surface area contributed by atoms with Crippen LogP contribution in [0.4, 0.5) is 0 Å². The highest BCUT2D eigenvalue weighted by atomic mass is 32.1. The lowest BCUT2D eigenvalue weighted by molar-refractivity contribution is 0.0869. The van der Waals surface area contributed by atoms with E-state index in [1.54, 1.807) is 25.4 Å².